The summed E-state index contributed by atoms with van der Waals surface area (Å²) in [6, 6.07) is 17.4. The van der Waals surface area contributed by atoms with Crippen molar-refractivity contribution >= 4 is 17.8 Å². The molecular formula is C30H32N2O7. The summed E-state index contributed by atoms with van der Waals surface area (Å²) in [5.74, 6) is -3.29. The summed E-state index contributed by atoms with van der Waals surface area (Å²) in [7, 11) is 0. The van der Waals surface area contributed by atoms with Gasteiger partial charge in [0, 0.05) is 6.54 Å². The predicted molar refractivity (Wildman–Crippen MR) is 138 cm³/mol. The monoisotopic (exact) mass is 532 g/mol. The Morgan fingerprint density at radius 1 is 0.897 bits per heavy atom. The minimum atomic E-state index is -0.958. The van der Waals surface area contributed by atoms with Crippen LogP contribution < -0.4 is 0 Å². The number of carbonyl (C=O) groups is 3. The summed E-state index contributed by atoms with van der Waals surface area (Å²) in [5.41, 5.74) is 1.77. The van der Waals surface area contributed by atoms with Crippen molar-refractivity contribution in [2.24, 2.45) is 11.8 Å². The minimum Gasteiger partial charge on any atom is -0.465 e. The zero-order valence-corrected chi connectivity index (χ0v) is 22.2. The summed E-state index contributed by atoms with van der Waals surface area (Å²) in [5, 5.41) is 0. The zero-order chi connectivity index (χ0) is 27.3. The van der Waals surface area contributed by atoms with Gasteiger partial charge in [0.05, 0.1) is 31.0 Å². The summed E-state index contributed by atoms with van der Waals surface area (Å²) in [4.78, 5) is 44.6. The molecule has 6 atom stereocenters. The third-order valence-electron chi connectivity index (χ3n) is 7.76. The lowest BCUT2D eigenvalue weighted by molar-refractivity contribution is -0.184. The number of ether oxygens (including phenoxy) is 4. The maximum absolute atomic E-state index is 14.0. The Morgan fingerprint density at radius 2 is 1.51 bits per heavy atom. The van der Waals surface area contributed by atoms with Gasteiger partial charge in [-0.3, -0.25) is 24.2 Å². The van der Waals surface area contributed by atoms with E-state index in [2.05, 4.69) is 0 Å². The van der Waals surface area contributed by atoms with Crippen LogP contribution in [0.3, 0.4) is 0 Å². The lowest BCUT2D eigenvalue weighted by atomic mass is 9.88. The van der Waals surface area contributed by atoms with Crippen molar-refractivity contribution < 1.29 is 33.3 Å². The minimum absolute atomic E-state index is 0.137. The Kier molecular flexibility index (Phi) is 6.53. The second-order valence-corrected chi connectivity index (χ2v) is 10.8. The van der Waals surface area contributed by atoms with Crippen molar-refractivity contribution in [3.05, 3.63) is 83.6 Å². The molecule has 39 heavy (non-hydrogen) atoms. The number of amides is 2. The Hall–Kier alpha value is -3.53. The van der Waals surface area contributed by atoms with Gasteiger partial charge < -0.3 is 18.9 Å². The van der Waals surface area contributed by atoms with Gasteiger partial charge in [-0.05, 0) is 38.0 Å². The van der Waals surface area contributed by atoms with E-state index in [0.717, 1.165) is 11.1 Å². The number of hydrogen-bond acceptors (Lipinski definition) is 8. The van der Waals surface area contributed by atoms with Crippen molar-refractivity contribution in [3.63, 3.8) is 0 Å². The second kappa shape index (κ2) is 9.89. The Bertz CT molecular complexity index is 1290. The summed E-state index contributed by atoms with van der Waals surface area (Å²) in [6.45, 7) is 5.97. The van der Waals surface area contributed by atoms with Crippen molar-refractivity contribution in [1.82, 2.24) is 9.80 Å². The van der Waals surface area contributed by atoms with Crippen molar-refractivity contribution in [2.75, 3.05) is 6.61 Å². The quantitative estimate of drug-likeness (QED) is 0.397. The number of rotatable bonds is 7. The average Bonchev–Trinajstić information content (AvgIpc) is 3.59. The number of carbonyl (C=O) groups excluding carboxylic acids is 3. The lowest BCUT2D eigenvalue weighted by Crippen LogP contribution is -2.48. The maximum Gasteiger partial charge on any atom is 0.324 e. The van der Waals surface area contributed by atoms with Crippen LogP contribution in [0, 0.1) is 11.8 Å². The lowest BCUT2D eigenvalue weighted by Gasteiger charge is -2.33. The molecule has 4 aliphatic heterocycles. The fourth-order valence-electron chi connectivity index (χ4n) is 6.25. The van der Waals surface area contributed by atoms with Gasteiger partial charge in [-0.15, -0.1) is 0 Å². The van der Waals surface area contributed by atoms with Crippen LogP contribution in [0.25, 0.3) is 0 Å². The number of esters is 1. The van der Waals surface area contributed by atoms with E-state index in [0.29, 0.717) is 12.3 Å². The topological polar surface area (TPSA) is 94.6 Å². The number of fused-ring (bicyclic) bond motifs is 2. The second-order valence-electron chi connectivity index (χ2n) is 10.8. The highest BCUT2D eigenvalue weighted by Gasteiger charge is 2.66. The van der Waals surface area contributed by atoms with E-state index in [1.807, 2.05) is 85.5 Å². The van der Waals surface area contributed by atoms with Crippen LogP contribution in [-0.4, -0.2) is 64.5 Å². The van der Waals surface area contributed by atoms with Crippen molar-refractivity contribution in [2.45, 2.75) is 64.1 Å². The fraction of sp³-hybridized carbons (Fsp3) is 0.433. The molecule has 0 saturated carbocycles. The molecule has 2 aromatic carbocycles. The molecule has 204 valence electrons. The number of hydrogen-bond donors (Lipinski definition) is 0. The summed E-state index contributed by atoms with van der Waals surface area (Å²) >= 11 is 0. The predicted octanol–water partition coefficient (Wildman–Crippen LogP) is 3.00. The SMILES string of the molecule is CCOC(=O)[C@H]1[C@@H]2C(=O)N(Cc3ccccc3)C(=O)[C@@H]2[C@H](C2=C[C@H]3OC(C)(C)O[C@H]3O2)N1Cc1ccccc1. The first-order valence-corrected chi connectivity index (χ1v) is 13.4. The van der Waals surface area contributed by atoms with Crippen molar-refractivity contribution in [1.29, 1.82) is 0 Å². The fourth-order valence-corrected chi connectivity index (χ4v) is 6.25. The van der Waals surface area contributed by atoms with Crippen LogP contribution in [0.15, 0.2) is 72.5 Å². The highest BCUT2D eigenvalue weighted by Crippen LogP contribution is 2.49. The molecule has 3 saturated heterocycles. The summed E-state index contributed by atoms with van der Waals surface area (Å²) < 4.78 is 23.6. The molecule has 6 rings (SSSR count). The van der Waals surface area contributed by atoms with Gasteiger partial charge in [0.2, 0.25) is 18.1 Å². The van der Waals surface area contributed by atoms with Crippen LogP contribution in [0.1, 0.15) is 31.9 Å². The normalized spacial score (nSPS) is 31.2. The average molecular weight is 533 g/mol. The molecule has 3 fully saturated rings. The van der Waals surface area contributed by atoms with Gasteiger partial charge >= 0.3 is 5.97 Å². The molecule has 2 amide bonds. The standard InChI is InChI=1S/C30H32N2O7/c1-4-36-28(35)25-23-22(26(33)32(27(23)34)17-19-13-9-6-10-14-19)24(31(25)16-18-11-7-5-8-12-18)20-15-21-29(37-20)39-30(2,3)38-21/h5-15,21-25,29H,4,16-17H2,1-3H3/t21-,22+,23-,24+,25-,29-/m1/s1. The van der Waals surface area contributed by atoms with Crippen molar-refractivity contribution in [3.8, 4) is 0 Å². The molecule has 0 radical (unpaired) electrons. The third kappa shape index (κ3) is 4.54. The number of imide groups is 1. The first-order chi connectivity index (χ1) is 18.8. The highest BCUT2D eigenvalue weighted by atomic mass is 16.8. The largest absolute Gasteiger partial charge is 0.465 e. The van der Waals surface area contributed by atoms with E-state index in [9.17, 15) is 14.4 Å². The van der Waals surface area contributed by atoms with E-state index < -0.39 is 48.1 Å². The molecule has 0 aliphatic carbocycles. The molecule has 0 aromatic heterocycles. The number of likely N-dealkylation sites (tertiary alicyclic amines) is 2. The van der Waals surface area contributed by atoms with E-state index in [1.165, 1.54) is 4.90 Å². The Morgan fingerprint density at radius 3 is 2.13 bits per heavy atom. The molecule has 0 spiro atoms. The first kappa shape index (κ1) is 25.7. The molecule has 9 heteroatoms. The molecule has 0 N–H and O–H groups in total. The van der Waals surface area contributed by atoms with Crippen LogP contribution in [0.2, 0.25) is 0 Å². The van der Waals surface area contributed by atoms with Crippen LogP contribution in [0.4, 0.5) is 0 Å². The van der Waals surface area contributed by atoms with E-state index in [4.69, 9.17) is 18.9 Å². The van der Waals surface area contributed by atoms with Crippen LogP contribution in [-0.2, 0) is 46.4 Å². The van der Waals surface area contributed by atoms with E-state index in [1.54, 1.807) is 6.92 Å². The van der Waals surface area contributed by atoms with E-state index >= 15 is 0 Å². The molecule has 2 aromatic rings. The van der Waals surface area contributed by atoms with Gasteiger partial charge in [-0.2, -0.15) is 0 Å². The van der Waals surface area contributed by atoms with Crippen LogP contribution in [0.5, 0.6) is 0 Å². The molecular weight excluding hydrogens is 500 g/mol. The van der Waals surface area contributed by atoms with Gasteiger partial charge in [0.1, 0.15) is 17.9 Å². The highest BCUT2D eigenvalue weighted by molar-refractivity contribution is 6.08. The zero-order valence-electron chi connectivity index (χ0n) is 22.2. The number of benzene rings is 2. The van der Waals surface area contributed by atoms with Gasteiger partial charge in [0.15, 0.2) is 5.79 Å². The van der Waals surface area contributed by atoms with Gasteiger partial charge in [0.25, 0.3) is 0 Å². The smallest absolute Gasteiger partial charge is 0.324 e. The molecule has 4 heterocycles. The first-order valence-electron chi connectivity index (χ1n) is 13.4. The number of nitrogens with zero attached hydrogens (tertiary/aromatic N) is 2. The van der Waals surface area contributed by atoms with Crippen LogP contribution >= 0.6 is 0 Å². The van der Waals surface area contributed by atoms with E-state index in [-0.39, 0.29) is 25.0 Å². The molecule has 4 aliphatic rings. The van der Waals surface area contributed by atoms with Gasteiger partial charge in [-0.1, -0.05) is 60.7 Å². The third-order valence-corrected chi connectivity index (χ3v) is 7.76. The summed E-state index contributed by atoms with van der Waals surface area (Å²) in [6.07, 6.45) is 0.701. The molecule has 0 bridgehead atoms. The molecule has 0 unspecified atom stereocenters. The Labute approximate surface area is 227 Å². The Balaban J connectivity index is 1.41. The van der Waals surface area contributed by atoms with Gasteiger partial charge in [-0.25, -0.2) is 0 Å². The molecule has 9 nitrogen and oxygen atoms in total. The maximum atomic E-state index is 14.0.